The van der Waals surface area contributed by atoms with Crippen LogP contribution in [0, 0.1) is 0 Å². The number of amides is 1. The van der Waals surface area contributed by atoms with E-state index in [1.54, 1.807) is 6.20 Å². The average molecular weight is 206 g/mol. The van der Waals surface area contributed by atoms with E-state index in [2.05, 4.69) is 10.3 Å². The van der Waals surface area contributed by atoms with Crippen molar-refractivity contribution in [2.75, 3.05) is 0 Å². The molecule has 0 aromatic carbocycles. The second kappa shape index (κ2) is 4.08. The highest BCUT2D eigenvalue weighted by Crippen LogP contribution is 2.07. The van der Waals surface area contributed by atoms with Gasteiger partial charge in [-0.3, -0.25) is 9.78 Å². The van der Waals surface area contributed by atoms with Gasteiger partial charge < -0.3 is 10.1 Å². The number of esters is 1. The number of nitrogens with one attached hydrogen (secondary N) is 1. The van der Waals surface area contributed by atoms with Crippen molar-refractivity contribution in [3.05, 3.63) is 30.1 Å². The summed E-state index contributed by atoms with van der Waals surface area (Å²) in [6, 6.07) is 5.61. The molecule has 1 aromatic heterocycles. The van der Waals surface area contributed by atoms with Gasteiger partial charge in [-0.1, -0.05) is 6.07 Å². The zero-order chi connectivity index (χ0) is 10.7. The summed E-state index contributed by atoms with van der Waals surface area (Å²) in [6.45, 7) is 0. The number of aryl methyl sites for hydroxylation is 1. The summed E-state index contributed by atoms with van der Waals surface area (Å²) in [5, 5.41) is 2.44. The van der Waals surface area contributed by atoms with Gasteiger partial charge in [0.15, 0.2) is 6.23 Å². The van der Waals surface area contributed by atoms with Crippen LogP contribution in [0.4, 0.5) is 0 Å². The van der Waals surface area contributed by atoms with E-state index in [1.807, 2.05) is 18.2 Å². The van der Waals surface area contributed by atoms with Crippen LogP contribution in [0.3, 0.4) is 0 Å². The van der Waals surface area contributed by atoms with E-state index < -0.39 is 18.1 Å². The molecule has 78 valence electrons. The number of carbonyl (C=O) groups excluding carboxylic acids is 2. The fourth-order valence-corrected chi connectivity index (χ4v) is 1.37. The van der Waals surface area contributed by atoms with E-state index in [0.29, 0.717) is 12.8 Å². The molecule has 2 heterocycles. The molecule has 2 rings (SSSR count). The summed E-state index contributed by atoms with van der Waals surface area (Å²) < 4.78 is 4.77. The topological polar surface area (TPSA) is 68.3 Å². The van der Waals surface area contributed by atoms with Gasteiger partial charge in [0, 0.05) is 18.3 Å². The fraction of sp³-hybridized carbons (Fsp3) is 0.300. The molecule has 1 fully saturated rings. The lowest BCUT2D eigenvalue weighted by Gasteiger charge is -2.07. The standard InChI is InChI=1S/C10H10N2O3/c13-9-10(14)15-8(12-9)5-4-7-3-1-2-6-11-7/h1-3,6,8H,4-5H2,(H,12,13). The van der Waals surface area contributed by atoms with Crippen LogP contribution in [0.15, 0.2) is 24.4 Å². The van der Waals surface area contributed by atoms with Crippen LogP contribution in [0.2, 0.25) is 0 Å². The van der Waals surface area contributed by atoms with Gasteiger partial charge in [0.25, 0.3) is 0 Å². The van der Waals surface area contributed by atoms with Crippen LogP contribution in [0.25, 0.3) is 0 Å². The highest BCUT2D eigenvalue weighted by atomic mass is 16.6. The van der Waals surface area contributed by atoms with Gasteiger partial charge in [-0.15, -0.1) is 0 Å². The molecule has 5 nitrogen and oxygen atoms in total. The smallest absolute Gasteiger partial charge is 0.398 e. The number of rotatable bonds is 3. The third-order valence-corrected chi connectivity index (χ3v) is 2.12. The van der Waals surface area contributed by atoms with Crippen LogP contribution >= 0.6 is 0 Å². The van der Waals surface area contributed by atoms with Crippen molar-refractivity contribution in [1.29, 1.82) is 0 Å². The van der Waals surface area contributed by atoms with E-state index >= 15 is 0 Å². The lowest BCUT2D eigenvalue weighted by Crippen LogP contribution is -2.27. The van der Waals surface area contributed by atoms with Crippen LogP contribution < -0.4 is 5.32 Å². The zero-order valence-corrected chi connectivity index (χ0v) is 7.97. The van der Waals surface area contributed by atoms with E-state index in [-0.39, 0.29) is 0 Å². The number of nitrogens with zero attached hydrogens (tertiary/aromatic N) is 1. The Bertz CT molecular complexity index is 362. The van der Waals surface area contributed by atoms with Crippen LogP contribution in [0.5, 0.6) is 0 Å². The highest BCUT2D eigenvalue weighted by molar-refractivity contribution is 6.34. The molecule has 0 spiro atoms. The van der Waals surface area contributed by atoms with Gasteiger partial charge in [-0.05, 0) is 18.6 Å². The Kier molecular flexibility index (Phi) is 2.62. The first-order chi connectivity index (χ1) is 7.25. The Hall–Kier alpha value is -1.91. The molecular weight excluding hydrogens is 196 g/mol. The molecule has 1 aliphatic heterocycles. The summed E-state index contributed by atoms with van der Waals surface area (Å²) in [5.41, 5.74) is 0.912. The average Bonchev–Trinajstić information content (AvgIpc) is 2.57. The minimum Gasteiger partial charge on any atom is -0.435 e. The normalized spacial score (nSPS) is 19.9. The number of aromatic nitrogens is 1. The number of cyclic esters (lactones) is 1. The van der Waals surface area contributed by atoms with Crippen molar-refractivity contribution in [3.63, 3.8) is 0 Å². The molecule has 0 bridgehead atoms. The highest BCUT2D eigenvalue weighted by Gasteiger charge is 2.30. The van der Waals surface area contributed by atoms with Crippen molar-refractivity contribution < 1.29 is 14.3 Å². The van der Waals surface area contributed by atoms with Crippen LogP contribution in [0.1, 0.15) is 12.1 Å². The van der Waals surface area contributed by atoms with Crippen molar-refractivity contribution in [3.8, 4) is 0 Å². The lowest BCUT2D eigenvalue weighted by molar-refractivity contribution is -0.149. The number of carbonyl (C=O) groups is 2. The zero-order valence-electron chi connectivity index (χ0n) is 7.97. The first kappa shape index (κ1) is 9.64. The van der Waals surface area contributed by atoms with Crippen LogP contribution in [-0.4, -0.2) is 23.1 Å². The predicted molar refractivity (Wildman–Crippen MR) is 50.6 cm³/mol. The maximum absolute atomic E-state index is 10.8. The predicted octanol–water partition coefficient (Wildman–Crippen LogP) is 0.0133. The Morgan fingerprint density at radius 3 is 2.87 bits per heavy atom. The summed E-state index contributed by atoms with van der Waals surface area (Å²) in [6.07, 6.45) is 2.41. The van der Waals surface area contributed by atoms with E-state index in [4.69, 9.17) is 4.74 Å². The lowest BCUT2D eigenvalue weighted by atomic mass is 10.2. The van der Waals surface area contributed by atoms with Crippen molar-refractivity contribution in [1.82, 2.24) is 10.3 Å². The molecular formula is C10H10N2O3. The van der Waals surface area contributed by atoms with Gasteiger partial charge in [0.1, 0.15) is 0 Å². The quantitative estimate of drug-likeness (QED) is 0.559. The molecule has 0 saturated carbocycles. The molecule has 1 N–H and O–H groups in total. The molecule has 1 atom stereocenters. The summed E-state index contributed by atoms with van der Waals surface area (Å²) in [4.78, 5) is 25.7. The first-order valence-corrected chi connectivity index (χ1v) is 4.67. The monoisotopic (exact) mass is 206 g/mol. The number of pyridine rings is 1. The molecule has 15 heavy (non-hydrogen) atoms. The molecule has 1 aromatic rings. The Balaban J connectivity index is 1.85. The molecule has 1 amide bonds. The SMILES string of the molecule is O=C1NC(CCc2ccccn2)OC1=O. The molecule has 0 aliphatic carbocycles. The Morgan fingerprint density at radius 2 is 2.27 bits per heavy atom. The third kappa shape index (κ3) is 2.31. The van der Waals surface area contributed by atoms with Gasteiger partial charge in [0.2, 0.25) is 0 Å². The number of ether oxygens (including phenoxy) is 1. The first-order valence-electron chi connectivity index (χ1n) is 4.67. The van der Waals surface area contributed by atoms with Gasteiger partial charge in [0.05, 0.1) is 0 Å². The Labute approximate surface area is 86.5 Å². The number of hydrogen-bond acceptors (Lipinski definition) is 4. The largest absolute Gasteiger partial charge is 0.435 e. The van der Waals surface area contributed by atoms with Crippen molar-refractivity contribution >= 4 is 11.9 Å². The maximum Gasteiger partial charge on any atom is 0.398 e. The number of hydrogen-bond donors (Lipinski definition) is 1. The molecule has 1 saturated heterocycles. The molecule has 0 radical (unpaired) electrons. The Morgan fingerprint density at radius 1 is 1.40 bits per heavy atom. The molecule has 1 aliphatic rings. The third-order valence-electron chi connectivity index (χ3n) is 2.12. The van der Waals surface area contributed by atoms with Crippen molar-refractivity contribution in [2.45, 2.75) is 19.1 Å². The van der Waals surface area contributed by atoms with E-state index in [9.17, 15) is 9.59 Å². The summed E-state index contributed by atoms with van der Waals surface area (Å²) >= 11 is 0. The maximum atomic E-state index is 10.8. The summed E-state index contributed by atoms with van der Waals surface area (Å²) in [5.74, 6) is -1.47. The van der Waals surface area contributed by atoms with Gasteiger partial charge >= 0.3 is 11.9 Å². The minimum atomic E-state index is -0.805. The van der Waals surface area contributed by atoms with Crippen LogP contribution in [-0.2, 0) is 20.7 Å². The molecule has 1 unspecified atom stereocenters. The minimum absolute atomic E-state index is 0.507. The molecule has 5 heteroatoms. The van der Waals surface area contributed by atoms with E-state index in [1.165, 1.54) is 0 Å². The van der Waals surface area contributed by atoms with Gasteiger partial charge in [-0.25, -0.2) is 4.79 Å². The van der Waals surface area contributed by atoms with E-state index in [0.717, 1.165) is 5.69 Å². The second-order valence-electron chi connectivity index (χ2n) is 3.23. The van der Waals surface area contributed by atoms with Gasteiger partial charge in [-0.2, -0.15) is 0 Å². The fourth-order valence-electron chi connectivity index (χ4n) is 1.37. The van der Waals surface area contributed by atoms with Crippen molar-refractivity contribution in [2.24, 2.45) is 0 Å². The summed E-state index contributed by atoms with van der Waals surface area (Å²) in [7, 11) is 0. The second-order valence-corrected chi connectivity index (χ2v) is 3.23.